The molecule has 2 amide bonds. The molecule has 3 rings (SSSR count). The maximum absolute atomic E-state index is 13.0. The van der Waals surface area contributed by atoms with Crippen LogP contribution in [-0.4, -0.2) is 68.6 Å². The zero-order valence-electron chi connectivity index (χ0n) is 21.0. The second-order valence-corrected chi connectivity index (χ2v) is 9.13. The largest absolute Gasteiger partial charge is 0.493 e. The fourth-order valence-electron chi connectivity index (χ4n) is 4.24. The van der Waals surface area contributed by atoms with E-state index in [2.05, 4.69) is 15.2 Å². The van der Waals surface area contributed by atoms with Crippen LogP contribution in [0.4, 0.5) is 11.4 Å². The first-order valence-electron chi connectivity index (χ1n) is 11.9. The van der Waals surface area contributed by atoms with Crippen LogP contribution >= 0.6 is 0 Å². The Labute approximate surface area is 202 Å². The van der Waals surface area contributed by atoms with Crippen molar-refractivity contribution in [2.75, 3.05) is 56.7 Å². The van der Waals surface area contributed by atoms with Crippen molar-refractivity contribution in [1.82, 2.24) is 15.2 Å². The van der Waals surface area contributed by atoms with Crippen molar-refractivity contribution in [3.8, 4) is 5.75 Å². The molecule has 1 aromatic heterocycles. The Morgan fingerprint density at radius 1 is 1.06 bits per heavy atom. The number of hydrogen-bond acceptors (Lipinski definition) is 6. The molecule has 0 radical (unpaired) electrons. The molecule has 0 fully saturated rings. The van der Waals surface area contributed by atoms with Crippen molar-refractivity contribution in [1.29, 1.82) is 0 Å². The van der Waals surface area contributed by atoms with Gasteiger partial charge < -0.3 is 19.9 Å². The SMILES string of the molecule is CCN1C(=O)C(C)(C)C(=O)N(C)c2cc(OCCCN(CCNC)Cc3ccncc3)ccc21. The Hall–Kier alpha value is -2.97. The molecule has 2 aromatic rings. The van der Waals surface area contributed by atoms with E-state index in [1.54, 1.807) is 30.7 Å². The van der Waals surface area contributed by atoms with Crippen LogP contribution in [0.3, 0.4) is 0 Å². The second-order valence-electron chi connectivity index (χ2n) is 9.13. The van der Waals surface area contributed by atoms with Gasteiger partial charge in [0.2, 0.25) is 11.8 Å². The third kappa shape index (κ3) is 5.74. The quantitative estimate of drug-likeness (QED) is 0.404. The summed E-state index contributed by atoms with van der Waals surface area (Å²) >= 11 is 0. The number of aromatic nitrogens is 1. The fourth-order valence-corrected chi connectivity index (χ4v) is 4.24. The second kappa shape index (κ2) is 11.4. The van der Waals surface area contributed by atoms with Gasteiger partial charge in [-0.2, -0.15) is 0 Å². The van der Waals surface area contributed by atoms with Crippen LogP contribution in [0.2, 0.25) is 0 Å². The van der Waals surface area contributed by atoms with Gasteiger partial charge in [-0.15, -0.1) is 0 Å². The van der Waals surface area contributed by atoms with Crippen molar-refractivity contribution < 1.29 is 14.3 Å². The lowest BCUT2D eigenvalue weighted by Gasteiger charge is -2.27. The lowest BCUT2D eigenvalue weighted by Crippen LogP contribution is -2.47. The molecule has 1 aliphatic heterocycles. The van der Waals surface area contributed by atoms with Gasteiger partial charge in [-0.3, -0.25) is 19.5 Å². The Morgan fingerprint density at radius 3 is 2.47 bits per heavy atom. The topological polar surface area (TPSA) is 78.0 Å². The third-order valence-corrected chi connectivity index (χ3v) is 6.26. The smallest absolute Gasteiger partial charge is 0.242 e. The summed E-state index contributed by atoms with van der Waals surface area (Å²) < 4.78 is 6.06. The number of carbonyl (C=O) groups is 2. The summed E-state index contributed by atoms with van der Waals surface area (Å²) in [4.78, 5) is 35.8. The van der Waals surface area contributed by atoms with Gasteiger partial charge in [-0.05, 0) is 64.1 Å². The molecule has 8 nitrogen and oxygen atoms in total. The summed E-state index contributed by atoms with van der Waals surface area (Å²) in [6.07, 6.45) is 4.51. The van der Waals surface area contributed by atoms with E-state index in [0.29, 0.717) is 24.6 Å². The molecule has 0 aliphatic carbocycles. The van der Waals surface area contributed by atoms with Crippen molar-refractivity contribution in [3.05, 3.63) is 48.3 Å². The first-order chi connectivity index (χ1) is 16.3. The Morgan fingerprint density at radius 2 is 1.79 bits per heavy atom. The van der Waals surface area contributed by atoms with E-state index in [9.17, 15) is 9.59 Å². The van der Waals surface area contributed by atoms with Crippen molar-refractivity contribution in [3.63, 3.8) is 0 Å². The average Bonchev–Trinajstić information content (AvgIpc) is 2.89. The predicted molar refractivity (Wildman–Crippen MR) is 135 cm³/mol. The van der Waals surface area contributed by atoms with Crippen LogP contribution in [0.5, 0.6) is 5.75 Å². The highest BCUT2D eigenvalue weighted by Crippen LogP contribution is 2.40. The van der Waals surface area contributed by atoms with E-state index in [1.165, 1.54) is 5.56 Å². The number of fused-ring (bicyclic) bond motifs is 1. The Balaban J connectivity index is 1.65. The minimum Gasteiger partial charge on any atom is -0.493 e. The Bertz CT molecular complexity index is 980. The molecule has 0 unspecified atom stereocenters. The van der Waals surface area contributed by atoms with Gasteiger partial charge in [0.15, 0.2) is 0 Å². The molecule has 1 aliphatic rings. The molecule has 1 N–H and O–H groups in total. The third-order valence-electron chi connectivity index (χ3n) is 6.26. The number of benzene rings is 1. The number of anilines is 2. The zero-order valence-corrected chi connectivity index (χ0v) is 21.0. The maximum atomic E-state index is 13.0. The van der Waals surface area contributed by atoms with Crippen LogP contribution < -0.4 is 19.9 Å². The molecule has 34 heavy (non-hydrogen) atoms. The van der Waals surface area contributed by atoms with Gasteiger partial charge in [0.1, 0.15) is 11.2 Å². The number of carbonyl (C=O) groups excluding carboxylic acids is 2. The van der Waals surface area contributed by atoms with Crippen molar-refractivity contribution in [2.45, 2.75) is 33.7 Å². The summed E-state index contributed by atoms with van der Waals surface area (Å²) in [5.41, 5.74) is 1.55. The number of hydrogen-bond donors (Lipinski definition) is 1. The molecule has 1 aromatic carbocycles. The average molecular weight is 468 g/mol. The Kier molecular flexibility index (Phi) is 8.63. The minimum absolute atomic E-state index is 0.185. The highest BCUT2D eigenvalue weighted by Gasteiger charge is 2.45. The first-order valence-corrected chi connectivity index (χ1v) is 11.9. The lowest BCUT2D eigenvalue weighted by atomic mass is 9.90. The van der Waals surface area contributed by atoms with Crippen molar-refractivity contribution >= 4 is 23.2 Å². The molecule has 184 valence electrons. The normalized spacial score (nSPS) is 15.5. The molecular weight excluding hydrogens is 430 g/mol. The van der Waals surface area contributed by atoms with E-state index < -0.39 is 5.41 Å². The molecule has 2 heterocycles. The van der Waals surface area contributed by atoms with Gasteiger partial charge >= 0.3 is 0 Å². The number of nitrogens with one attached hydrogen (secondary N) is 1. The van der Waals surface area contributed by atoms with E-state index in [1.807, 2.05) is 56.7 Å². The molecule has 0 atom stereocenters. The van der Waals surface area contributed by atoms with Gasteiger partial charge in [-0.1, -0.05) is 0 Å². The van der Waals surface area contributed by atoms with Crippen LogP contribution in [0, 0.1) is 5.41 Å². The summed E-state index contributed by atoms with van der Waals surface area (Å²) in [6, 6.07) is 9.70. The van der Waals surface area contributed by atoms with E-state index in [-0.39, 0.29) is 11.8 Å². The van der Waals surface area contributed by atoms with Crippen LogP contribution in [-0.2, 0) is 16.1 Å². The first kappa shape index (κ1) is 25.6. The molecule has 0 bridgehead atoms. The molecule has 0 saturated heterocycles. The number of likely N-dealkylation sites (N-methyl/N-ethyl adjacent to an activating group) is 1. The number of rotatable bonds is 11. The van der Waals surface area contributed by atoms with E-state index in [0.717, 1.165) is 38.3 Å². The molecule has 0 saturated carbocycles. The van der Waals surface area contributed by atoms with Crippen LogP contribution in [0.15, 0.2) is 42.7 Å². The highest BCUT2D eigenvalue weighted by atomic mass is 16.5. The lowest BCUT2D eigenvalue weighted by molar-refractivity contribution is -0.137. The molecule has 8 heteroatoms. The number of nitrogens with zero attached hydrogens (tertiary/aromatic N) is 4. The monoisotopic (exact) mass is 467 g/mol. The minimum atomic E-state index is -1.11. The predicted octanol–water partition coefficient (Wildman–Crippen LogP) is 2.93. The highest BCUT2D eigenvalue weighted by molar-refractivity contribution is 6.20. The fraction of sp³-hybridized carbons (Fsp3) is 0.500. The van der Waals surface area contributed by atoms with E-state index in [4.69, 9.17) is 4.74 Å². The summed E-state index contributed by atoms with van der Waals surface area (Å²) in [5, 5.41) is 3.21. The number of pyridine rings is 1. The number of amides is 2. The maximum Gasteiger partial charge on any atom is 0.242 e. The van der Waals surface area contributed by atoms with Crippen molar-refractivity contribution in [2.24, 2.45) is 5.41 Å². The van der Waals surface area contributed by atoms with Gasteiger partial charge in [0, 0.05) is 58.2 Å². The summed E-state index contributed by atoms with van der Waals surface area (Å²) in [5.74, 6) is 0.288. The van der Waals surface area contributed by atoms with Crippen LogP contribution in [0.25, 0.3) is 0 Å². The zero-order chi connectivity index (χ0) is 24.7. The van der Waals surface area contributed by atoms with Gasteiger partial charge in [-0.25, -0.2) is 0 Å². The summed E-state index contributed by atoms with van der Waals surface area (Å²) in [7, 11) is 3.68. The standard InChI is InChI=1S/C26H37N5O3/c1-6-31-22-9-8-21(18-23(22)29(5)24(32)26(2,3)25(31)33)34-17-7-15-30(16-14-27-4)19-20-10-12-28-13-11-20/h8-13,18,27H,6-7,14-17,19H2,1-5H3. The molecule has 0 spiro atoms. The van der Waals surface area contributed by atoms with E-state index >= 15 is 0 Å². The number of ether oxygens (including phenoxy) is 1. The van der Waals surface area contributed by atoms with Gasteiger partial charge in [0.25, 0.3) is 0 Å². The molecular formula is C26H37N5O3. The van der Waals surface area contributed by atoms with Gasteiger partial charge in [0.05, 0.1) is 18.0 Å². The summed E-state index contributed by atoms with van der Waals surface area (Å²) in [6.45, 7) is 9.98. The van der Waals surface area contributed by atoms with Crippen LogP contribution in [0.1, 0.15) is 32.8 Å².